The van der Waals surface area contributed by atoms with Gasteiger partial charge in [-0.25, -0.2) is 4.98 Å². The van der Waals surface area contributed by atoms with Gasteiger partial charge in [0.2, 0.25) is 5.91 Å². The lowest BCUT2D eigenvalue weighted by molar-refractivity contribution is -0.130. The topological polar surface area (TPSA) is 59.2 Å². The molecule has 1 aromatic heterocycles. The van der Waals surface area contributed by atoms with Gasteiger partial charge in [0.1, 0.15) is 5.01 Å². The smallest absolute Gasteiger partial charge is 0.223 e. The second kappa shape index (κ2) is 7.13. The Morgan fingerprint density at radius 1 is 1.30 bits per heavy atom. The summed E-state index contributed by atoms with van der Waals surface area (Å²) in [4.78, 5) is 20.2. The van der Waals surface area contributed by atoms with Crippen molar-refractivity contribution < 1.29 is 4.79 Å². The zero-order valence-electron chi connectivity index (χ0n) is 13.5. The summed E-state index contributed by atoms with van der Waals surface area (Å²) < 4.78 is 0. The Balaban J connectivity index is 1.55. The number of benzene rings is 1. The summed E-state index contributed by atoms with van der Waals surface area (Å²) in [5.74, 6) is 0.140. The summed E-state index contributed by atoms with van der Waals surface area (Å²) in [6.07, 6.45) is 5.92. The van der Waals surface area contributed by atoms with E-state index in [1.807, 2.05) is 31.3 Å². The van der Waals surface area contributed by atoms with Crippen LogP contribution in [0.25, 0.3) is 0 Å². The number of para-hydroxylation sites is 1. The van der Waals surface area contributed by atoms with Gasteiger partial charge < -0.3 is 10.6 Å². The summed E-state index contributed by atoms with van der Waals surface area (Å²) in [6, 6.07) is 7.73. The molecule has 0 spiro atoms. The number of nitrogens with zero attached hydrogens (tertiary/aromatic N) is 2. The number of nitrogens with two attached hydrogens (primary N) is 1. The quantitative estimate of drug-likeness (QED) is 0.857. The lowest BCUT2D eigenvalue weighted by Crippen LogP contribution is -2.26. The highest BCUT2D eigenvalue weighted by Gasteiger charge is 2.17. The first-order chi connectivity index (χ1) is 11.1. The Labute approximate surface area is 141 Å². The molecule has 2 N–H and O–H groups in total. The van der Waals surface area contributed by atoms with E-state index < -0.39 is 0 Å². The number of aromatic nitrogens is 1. The van der Waals surface area contributed by atoms with E-state index in [2.05, 4.69) is 0 Å². The van der Waals surface area contributed by atoms with Gasteiger partial charge in [-0.3, -0.25) is 4.79 Å². The van der Waals surface area contributed by atoms with Crippen LogP contribution in [-0.4, -0.2) is 22.8 Å². The number of amides is 1. The number of anilines is 1. The summed E-state index contributed by atoms with van der Waals surface area (Å²) in [6.45, 7) is 0.612. The molecule has 0 unspecified atom stereocenters. The molecule has 0 aliphatic heterocycles. The molecule has 0 radical (unpaired) electrons. The van der Waals surface area contributed by atoms with Crippen LogP contribution in [0, 0.1) is 0 Å². The monoisotopic (exact) mass is 329 g/mol. The third kappa shape index (κ3) is 3.91. The molecular formula is C18H23N3OS. The van der Waals surface area contributed by atoms with Gasteiger partial charge in [0, 0.05) is 24.0 Å². The lowest BCUT2D eigenvalue weighted by Gasteiger charge is -2.16. The van der Waals surface area contributed by atoms with Gasteiger partial charge in [-0.15, -0.1) is 11.3 Å². The van der Waals surface area contributed by atoms with Gasteiger partial charge in [-0.05, 0) is 43.7 Å². The van der Waals surface area contributed by atoms with Crippen molar-refractivity contribution in [2.75, 3.05) is 12.8 Å². The van der Waals surface area contributed by atoms with Crippen molar-refractivity contribution in [2.24, 2.45) is 0 Å². The van der Waals surface area contributed by atoms with Crippen LogP contribution in [0.5, 0.6) is 0 Å². The highest BCUT2D eigenvalue weighted by molar-refractivity contribution is 7.11. The first kappa shape index (κ1) is 16.0. The number of nitrogen functional groups attached to an aromatic ring is 1. The zero-order chi connectivity index (χ0) is 16.2. The van der Waals surface area contributed by atoms with E-state index >= 15 is 0 Å². The molecule has 0 atom stereocenters. The molecule has 0 fully saturated rings. The Hall–Kier alpha value is -1.88. The van der Waals surface area contributed by atoms with Crippen molar-refractivity contribution >= 4 is 22.9 Å². The number of rotatable bonds is 5. The van der Waals surface area contributed by atoms with Gasteiger partial charge in [0.15, 0.2) is 0 Å². The first-order valence-electron chi connectivity index (χ1n) is 8.18. The van der Waals surface area contributed by atoms with Crippen LogP contribution in [0.1, 0.15) is 40.4 Å². The van der Waals surface area contributed by atoms with Crippen molar-refractivity contribution in [3.05, 3.63) is 45.4 Å². The highest BCUT2D eigenvalue weighted by Crippen LogP contribution is 2.27. The number of aryl methyl sites for hydroxylation is 3. The van der Waals surface area contributed by atoms with E-state index in [-0.39, 0.29) is 5.91 Å². The molecule has 1 aliphatic carbocycles. The first-order valence-corrected chi connectivity index (χ1v) is 9.00. The molecule has 5 heteroatoms. The minimum atomic E-state index is 0.140. The van der Waals surface area contributed by atoms with Crippen LogP contribution in [0.2, 0.25) is 0 Å². The largest absolute Gasteiger partial charge is 0.399 e. The summed E-state index contributed by atoms with van der Waals surface area (Å²) in [7, 11) is 1.86. The summed E-state index contributed by atoms with van der Waals surface area (Å²) in [5.41, 5.74) is 8.99. The lowest BCUT2D eigenvalue weighted by atomic mass is 10.0. The molecule has 3 rings (SSSR count). The van der Waals surface area contributed by atoms with E-state index in [0.29, 0.717) is 19.4 Å². The van der Waals surface area contributed by atoms with Crippen molar-refractivity contribution in [1.82, 2.24) is 9.88 Å². The Morgan fingerprint density at radius 2 is 2.09 bits per heavy atom. The zero-order valence-corrected chi connectivity index (χ0v) is 14.4. The van der Waals surface area contributed by atoms with Crippen LogP contribution >= 0.6 is 11.3 Å². The van der Waals surface area contributed by atoms with Gasteiger partial charge in [0.05, 0.1) is 12.2 Å². The second-order valence-electron chi connectivity index (χ2n) is 6.13. The molecule has 1 heterocycles. The number of thiazole rings is 1. The number of hydrogen-bond acceptors (Lipinski definition) is 4. The molecule has 1 aliphatic rings. The van der Waals surface area contributed by atoms with E-state index in [0.717, 1.165) is 29.1 Å². The van der Waals surface area contributed by atoms with Gasteiger partial charge in [-0.2, -0.15) is 0 Å². The van der Waals surface area contributed by atoms with Crippen LogP contribution < -0.4 is 5.73 Å². The Kier molecular flexibility index (Phi) is 4.96. The molecule has 0 saturated carbocycles. The van der Waals surface area contributed by atoms with Crippen LogP contribution in [0.3, 0.4) is 0 Å². The van der Waals surface area contributed by atoms with Crippen molar-refractivity contribution in [1.29, 1.82) is 0 Å². The fourth-order valence-electron chi connectivity index (χ4n) is 2.96. The SMILES string of the molecule is CN(Cc1nc2c(s1)CCCC2)C(=O)CCc1ccccc1N. The van der Waals surface area contributed by atoms with E-state index in [1.54, 1.807) is 16.2 Å². The molecule has 4 nitrogen and oxygen atoms in total. The number of hydrogen-bond donors (Lipinski definition) is 1. The maximum atomic E-state index is 12.3. The van der Waals surface area contributed by atoms with E-state index in [1.165, 1.54) is 23.4 Å². The van der Waals surface area contributed by atoms with Crippen molar-refractivity contribution in [3.8, 4) is 0 Å². The third-order valence-corrected chi connectivity index (χ3v) is 5.49. The molecule has 2 aromatic rings. The standard InChI is InChI=1S/C18H23N3OS/c1-21(12-17-20-15-8-4-5-9-16(15)23-17)18(22)11-10-13-6-2-3-7-14(13)19/h2-3,6-7H,4-5,8-12,19H2,1H3. The molecular weight excluding hydrogens is 306 g/mol. The highest BCUT2D eigenvalue weighted by atomic mass is 32.1. The molecule has 0 bridgehead atoms. The Bertz CT molecular complexity index is 672. The van der Waals surface area contributed by atoms with Gasteiger partial charge >= 0.3 is 0 Å². The molecule has 122 valence electrons. The average molecular weight is 329 g/mol. The second-order valence-corrected chi connectivity index (χ2v) is 7.30. The average Bonchev–Trinajstić information content (AvgIpc) is 2.96. The maximum absolute atomic E-state index is 12.3. The fourth-order valence-corrected chi connectivity index (χ4v) is 4.17. The van der Waals surface area contributed by atoms with Gasteiger partial charge in [0.25, 0.3) is 0 Å². The number of carbonyl (C=O) groups is 1. The fraction of sp³-hybridized carbons (Fsp3) is 0.444. The predicted octanol–water partition coefficient (Wildman–Crippen LogP) is 3.20. The molecule has 23 heavy (non-hydrogen) atoms. The normalized spacial score (nSPS) is 13.6. The Morgan fingerprint density at radius 3 is 2.87 bits per heavy atom. The maximum Gasteiger partial charge on any atom is 0.223 e. The molecule has 1 amide bonds. The van der Waals surface area contributed by atoms with Gasteiger partial charge in [-0.1, -0.05) is 18.2 Å². The van der Waals surface area contributed by atoms with E-state index in [4.69, 9.17) is 10.7 Å². The van der Waals surface area contributed by atoms with Crippen LogP contribution in [0.15, 0.2) is 24.3 Å². The number of carbonyl (C=O) groups excluding carboxylic acids is 1. The summed E-state index contributed by atoms with van der Waals surface area (Å²) >= 11 is 1.77. The minimum Gasteiger partial charge on any atom is -0.399 e. The van der Waals surface area contributed by atoms with Crippen LogP contribution in [0.4, 0.5) is 5.69 Å². The molecule has 0 saturated heterocycles. The van der Waals surface area contributed by atoms with Crippen molar-refractivity contribution in [3.63, 3.8) is 0 Å². The third-order valence-electron chi connectivity index (χ3n) is 4.35. The number of fused-ring (bicyclic) bond motifs is 1. The van der Waals surface area contributed by atoms with E-state index in [9.17, 15) is 4.79 Å². The molecule has 1 aromatic carbocycles. The predicted molar refractivity (Wildman–Crippen MR) is 94.4 cm³/mol. The summed E-state index contributed by atoms with van der Waals surface area (Å²) in [5, 5.41) is 1.06. The van der Waals surface area contributed by atoms with Crippen molar-refractivity contribution in [2.45, 2.75) is 45.1 Å². The van der Waals surface area contributed by atoms with Crippen LogP contribution in [-0.2, 0) is 30.6 Å². The minimum absolute atomic E-state index is 0.140.